The van der Waals surface area contributed by atoms with Crippen LogP contribution in [0.5, 0.6) is 0 Å². The van der Waals surface area contributed by atoms with Crippen LogP contribution in [-0.2, 0) is 26.0 Å². The molecule has 0 bridgehead atoms. The first kappa shape index (κ1) is 31.1. The Balaban J connectivity index is 0.000000250. The molecule has 0 unspecified atom stereocenters. The molecule has 12 heteroatoms. The Morgan fingerprint density at radius 1 is 0.581 bits per heavy atom. The molecular weight excluding hydrogens is 1130 g/mol. The van der Waals surface area contributed by atoms with Crippen LogP contribution in [0.25, 0.3) is 93.8 Å². The number of hydrogen-bond acceptors (Lipinski definition) is 3. The molecule has 1 radical (unpaired) electrons. The van der Waals surface area contributed by atoms with Crippen molar-refractivity contribution in [2.75, 3.05) is 0 Å². The van der Waals surface area contributed by atoms with Gasteiger partial charge in [-0.05, 0) is 125 Å². The number of furan rings is 1. The maximum absolute atomic E-state index is 14.8. The third-order valence-electron chi connectivity index (χ3n) is 11.5. The second-order valence-corrected chi connectivity index (χ2v) is 16.2. The van der Waals surface area contributed by atoms with Gasteiger partial charge in [0.1, 0.15) is 5.58 Å². The van der Waals surface area contributed by atoms with Crippen LogP contribution < -0.4 is 0 Å². The maximum atomic E-state index is 14.8. The van der Waals surface area contributed by atoms with Gasteiger partial charge in [-0.2, -0.15) is 30.7 Å². The van der Waals surface area contributed by atoms with E-state index in [0.29, 0.717) is 33.5 Å². The van der Waals surface area contributed by atoms with Crippen LogP contribution in [0.1, 0.15) is 69.1 Å². The number of rotatable bonds is 8. The predicted octanol–water partition coefficient (Wildman–Crippen LogP) is 18.4. The molecule has 0 aliphatic rings. The first-order valence-corrected chi connectivity index (χ1v) is 21.3. The van der Waals surface area contributed by atoms with Gasteiger partial charge in [0.05, 0.1) is 14.9 Å². The number of aromatic nitrogens is 2. The Kier molecular flexibility index (Phi) is 8.69. The number of pyridine rings is 2. The van der Waals surface area contributed by atoms with Crippen LogP contribution in [-0.4, -0.2) is 22.1 Å². The molecule has 0 saturated carbocycles. The molecule has 373 valence electrons. The van der Waals surface area contributed by atoms with E-state index in [-0.39, 0.29) is 82.6 Å². The number of halogens is 7. The number of hydrogen-bond donors (Lipinski definition) is 0. The third-order valence-corrected chi connectivity index (χ3v) is 11.5. The van der Waals surface area contributed by atoms with Gasteiger partial charge in [0, 0.05) is 76.4 Å². The van der Waals surface area contributed by atoms with E-state index < -0.39 is 128 Å². The van der Waals surface area contributed by atoms with Gasteiger partial charge in [-0.3, -0.25) is 0 Å². The zero-order valence-electron chi connectivity index (χ0n) is 59.4. The molecule has 3 aromatic heterocycles. The Morgan fingerprint density at radius 2 is 1.26 bits per heavy atom. The van der Waals surface area contributed by atoms with Crippen molar-refractivity contribution in [3.8, 4) is 67.0 Å². The van der Waals surface area contributed by atoms with Crippen LogP contribution in [0.2, 0.25) is 0 Å². The van der Waals surface area contributed by atoms with E-state index in [0.717, 1.165) is 23.4 Å². The van der Waals surface area contributed by atoms with Gasteiger partial charge in [-0.1, -0.05) is 126 Å². The minimum absolute atomic E-state index is 0. The average molecular weight is 1190 g/mol. The minimum atomic E-state index is -6.80. The van der Waals surface area contributed by atoms with E-state index in [4.69, 9.17) is 41.1 Å². The topological polar surface area (TPSA) is 43.3 Å². The summed E-state index contributed by atoms with van der Waals surface area (Å²) in [5.74, 6) is -12.9. The second-order valence-electron chi connectivity index (χ2n) is 16.2. The molecule has 10 rings (SSSR count). The molecule has 10 aromatic rings. The van der Waals surface area contributed by atoms with Crippen LogP contribution in [0, 0.1) is 59.8 Å². The summed E-state index contributed by atoms with van der Waals surface area (Å²) in [6.45, 7) is -10.4. The van der Waals surface area contributed by atoms with Gasteiger partial charge in [-0.15, -0.1) is 47.5 Å². The van der Waals surface area contributed by atoms with E-state index in [9.17, 15) is 30.7 Å². The number of fused-ring (bicyclic) bond motifs is 3. The molecule has 3 heterocycles. The van der Waals surface area contributed by atoms with Crippen molar-refractivity contribution in [2.24, 2.45) is 0 Å². The molecule has 0 spiro atoms. The Hall–Kier alpha value is -7.71. The van der Waals surface area contributed by atoms with Crippen molar-refractivity contribution >= 4 is 27.6 Å². The van der Waals surface area contributed by atoms with Crippen LogP contribution in [0.4, 0.5) is 36.4 Å². The number of aryl methyl sites for hydroxylation is 6. The zero-order valence-corrected chi connectivity index (χ0v) is 39.8. The summed E-state index contributed by atoms with van der Waals surface area (Å²) < 4.78 is 280. The summed E-state index contributed by atoms with van der Waals surface area (Å²) in [5.41, 5.74) is -4.96. The molecule has 0 amide bonds. The summed E-state index contributed by atoms with van der Waals surface area (Å²) >= 11 is 0. The molecule has 0 aliphatic carbocycles. The normalized spacial score (nSPS) is 17.1. The molecule has 0 atom stereocenters. The van der Waals surface area contributed by atoms with Gasteiger partial charge >= 0.3 is 18.0 Å². The largest absolute Gasteiger partial charge is 0.500 e. The second kappa shape index (κ2) is 20.7. The Labute approximate surface area is 468 Å². The summed E-state index contributed by atoms with van der Waals surface area (Å²) in [4.78, 5) is 10.9. The Bertz CT molecular complexity index is 4650. The molecular formula is C62H44F7IrN3O-2. The summed E-state index contributed by atoms with van der Waals surface area (Å²) in [7, 11) is 0. The van der Waals surface area contributed by atoms with Crippen molar-refractivity contribution < 1.29 is 85.4 Å². The molecule has 74 heavy (non-hydrogen) atoms. The van der Waals surface area contributed by atoms with Crippen molar-refractivity contribution in [3.63, 3.8) is 0 Å². The first-order valence-electron chi connectivity index (χ1n) is 32.3. The molecule has 0 N–H and O–H groups in total. The van der Waals surface area contributed by atoms with E-state index in [1.54, 1.807) is 24.3 Å². The Morgan fingerprint density at radius 3 is 1.95 bits per heavy atom. The van der Waals surface area contributed by atoms with E-state index in [1.807, 2.05) is 54.6 Å². The van der Waals surface area contributed by atoms with E-state index in [1.165, 1.54) is 24.3 Å². The van der Waals surface area contributed by atoms with E-state index in [2.05, 4.69) is 26.9 Å². The first-order chi connectivity index (χ1) is 43.7. The fourth-order valence-electron chi connectivity index (χ4n) is 7.94. The fourth-order valence-corrected chi connectivity index (χ4v) is 7.94. The zero-order chi connectivity index (χ0) is 70.5. The third kappa shape index (κ3) is 9.90. The summed E-state index contributed by atoms with van der Waals surface area (Å²) in [6.07, 6.45) is -5.58. The number of benzene rings is 7. The SMILES string of the molecule is [2H]C([2H])([2H])c1cc(-c2cccc(-c3ccccc3)c2)c2oc3c(-c4cc(-c5c(C([2H])([2H])[2H])cccc5C([2H])([2H])[2H])c(C([2H])([2H])[2H])cn4)[c-]ccc3c2c1.[2H]c1c([2H])c(-c2cc(-c3cc(C(F)(F)C(F)(F)C(F)(F)F)c(C([2H])([2H])[2H])cn3)[c-]cc2C([2H])([2H])[2H])c([2H])c([2H])c1[N+]#[C-].[Ir]. The molecule has 7 aromatic carbocycles. The van der Waals surface area contributed by atoms with Gasteiger partial charge in [-0.25, -0.2) is 4.85 Å². The van der Waals surface area contributed by atoms with Crippen LogP contribution in [0.15, 0.2) is 162 Å². The maximum Gasteiger partial charge on any atom is 0.460 e. The van der Waals surface area contributed by atoms with Crippen molar-refractivity contribution in [1.29, 1.82) is 0 Å². The molecule has 0 aliphatic heterocycles. The number of nitrogens with zero attached hydrogens (tertiary/aromatic N) is 3. The van der Waals surface area contributed by atoms with Gasteiger partial charge in [0.2, 0.25) is 0 Å². The molecule has 0 fully saturated rings. The fraction of sp³-hybridized carbons (Fsp3) is 0.145. The number of alkyl halides is 7. The molecule has 0 saturated heterocycles. The monoisotopic (exact) mass is 1190 g/mol. The van der Waals surface area contributed by atoms with Crippen molar-refractivity contribution in [1.82, 2.24) is 9.97 Å². The van der Waals surface area contributed by atoms with Gasteiger partial charge in [0.15, 0.2) is 5.69 Å². The minimum Gasteiger partial charge on any atom is -0.500 e. The van der Waals surface area contributed by atoms with Crippen LogP contribution in [0.3, 0.4) is 0 Å². The quantitative estimate of drug-likeness (QED) is 0.112. The predicted molar refractivity (Wildman–Crippen MR) is 276 cm³/mol. The average Bonchev–Trinajstić information content (AvgIpc) is 1.25. The summed E-state index contributed by atoms with van der Waals surface area (Å²) in [6, 6.07) is 32.5. The van der Waals surface area contributed by atoms with Crippen LogP contribution >= 0.6 is 0 Å². The van der Waals surface area contributed by atoms with E-state index >= 15 is 0 Å². The van der Waals surface area contributed by atoms with Crippen molar-refractivity contribution in [3.05, 3.63) is 220 Å². The van der Waals surface area contributed by atoms with Crippen molar-refractivity contribution in [2.45, 2.75) is 59.1 Å². The smallest absolute Gasteiger partial charge is 0.460 e. The standard InChI is InChI=1S/C39H30NO.C23H14F7N2.Ir/c1-24-19-34(30-16-9-15-29(21-30)28-13-6-5-7-14-28)39-35(20-24)31-17-10-18-32(38(31)41-39)36-22-33(27(4)23-40-36)37-25(2)11-8-12-26(37)3;1-13-4-5-16(10-18(13)15-6-8-17(31-3)9-7-15)20-11-19(14(2)12-32-20)21(24,25)22(26,27)23(28,29)30;/h5-17,19-23H,1-4H3;4,6-12H,1-2H3;/q2*-1;/i1D3,2D3,3D3,4D3;1D3,2D3,6D,7D,8D,9D;. The summed E-state index contributed by atoms with van der Waals surface area (Å²) in [5, 5.41) is 1.05. The molecule has 4 nitrogen and oxygen atoms in total. The van der Waals surface area contributed by atoms with Gasteiger partial charge in [0.25, 0.3) is 0 Å². The van der Waals surface area contributed by atoms with Gasteiger partial charge < -0.3 is 14.4 Å².